The van der Waals surface area contributed by atoms with Crippen LogP contribution in [0.2, 0.25) is 0 Å². The van der Waals surface area contributed by atoms with E-state index < -0.39 is 5.97 Å². The highest BCUT2D eigenvalue weighted by Gasteiger charge is 2.13. The summed E-state index contributed by atoms with van der Waals surface area (Å²) in [4.78, 5) is 15.2. The molecule has 0 aliphatic carbocycles. The van der Waals surface area contributed by atoms with Crippen LogP contribution in [0.3, 0.4) is 0 Å². The molecule has 1 aromatic heterocycles. The summed E-state index contributed by atoms with van der Waals surface area (Å²) in [7, 11) is 2.13. The number of piperazine rings is 1. The highest BCUT2D eigenvalue weighted by atomic mass is 16.5. The summed E-state index contributed by atoms with van der Waals surface area (Å²) in [5.41, 5.74) is 0. The van der Waals surface area contributed by atoms with Crippen molar-refractivity contribution in [3.63, 3.8) is 0 Å². The van der Waals surface area contributed by atoms with Crippen molar-refractivity contribution in [2.24, 2.45) is 0 Å². The molecule has 2 rings (SSSR count). The number of carboxylic acid groups (broad SMARTS) is 1. The molecular formula is C12H20N4O3. The molecular weight excluding hydrogens is 248 g/mol. The van der Waals surface area contributed by atoms with E-state index in [1.807, 2.05) is 0 Å². The Balaban J connectivity index is 1.68. The smallest absolute Gasteiger partial charge is 0.325 e. The Morgan fingerprint density at radius 2 is 2.16 bits per heavy atom. The van der Waals surface area contributed by atoms with Crippen LogP contribution in [0, 0.1) is 0 Å². The van der Waals surface area contributed by atoms with Crippen molar-refractivity contribution >= 4 is 5.97 Å². The lowest BCUT2D eigenvalue weighted by Crippen LogP contribution is -2.45. The quantitative estimate of drug-likeness (QED) is 0.756. The maximum absolute atomic E-state index is 10.5. The van der Waals surface area contributed by atoms with Crippen LogP contribution in [0.4, 0.5) is 0 Å². The molecule has 0 saturated carbocycles. The van der Waals surface area contributed by atoms with E-state index in [-0.39, 0.29) is 6.54 Å². The summed E-state index contributed by atoms with van der Waals surface area (Å²) < 4.78 is 6.92. The summed E-state index contributed by atoms with van der Waals surface area (Å²) in [6.07, 6.45) is 3.16. The molecule has 7 nitrogen and oxygen atoms in total. The lowest BCUT2D eigenvalue weighted by Gasteiger charge is -2.32. The van der Waals surface area contributed by atoms with Crippen molar-refractivity contribution in [2.75, 3.05) is 46.4 Å². The second kappa shape index (κ2) is 6.53. The zero-order valence-corrected chi connectivity index (χ0v) is 11.2. The molecule has 0 bridgehead atoms. The molecule has 0 amide bonds. The molecule has 1 N–H and O–H groups in total. The van der Waals surface area contributed by atoms with Crippen LogP contribution in [-0.2, 0) is 11.3 Å². The number of aliphatic carboxylic acids is 1. The van der Waals surface area contributed by atoms with Crippen molar-refractivity contribution in [2.45, 2.75) is 6.54 Å². The highest BCUT2D eigenvalue weighted by molar-refractivity contribution is 5.66. The zero-order valence-electron chi connectivity index (χ0n) is 11.2. The van der Waals surface area contributed by atoms with Crippen molar-refractivity contribution < 1.29 is 14.6 Å². The fourth-order valence-corrected chi connectivity index (χ4v) is 2.01. The molecule has 7 heteroatoms. The molecule has 1 aliphatic heterocycles. The molecule has 1 fully saturated rings. The highest BCUT2D eigenvalue weighted by Crippen LogP contribution is 2.08. The molecule has 0 radical (unpaired) electrons. The zero-order chi connectivity index (χ0) is 13.7. The Hall–Kier alpha value is -1.60. The standard InChI is InChI=1S/C12H20N4O3/c1-14-2-4-15(5-3-14)6-7-19-11-8-13-16(9-11)10-12(17)18/h8-9H,2-7,10H2,1H3,(H,17,18). The Bertz CT molecular complexity index is 413. The fraction of sp³-hybridized carbons (Fsp3) is 0.667. The summed E-state index contributed by atoms with van der Waals surface area (Å²) >= 11 is 0. The molecule has 0 unspecified atom stereocenters. The largest absolute Gasteiger partial charge is 0.489 e. The number of rotatable bonds is 6. The lowest BCUT2D eigenvalue weighted by molar-refractivity contribution is -0.137. The third-order valence-corrected chi connectivity index (χ3v) is 3.18. The van der Waals surface area contributed by atoms with Crippen LogP contribution in [0.5, 0.6) is 5.75 Å². The predicted molar refractivity (Wildman–Crippen MR) is 69.3 cm³/mol. The molecule has 0 aromatic carbocycles. The average Bonchev–Trinajstić information content (AvgIpc) is 2.78. The topological polar surface area (TPSA) is 70.8 Å². The Morgan fingerprint density at radius 3 is 2.84 bits per heavy atom. The molecule has 0 spiro atoms. The van der Waals surface area contributed by atoms with E-state index >= 15 is 0 Å². The van der Waals surface area contributed by atoms with Crippen LogP contribution < -0.4 is 4.74 Å². The van der Waals surface area contributed by atoms with Gasteiger partial charge in [-0.25, -0.2) is 0 Å². The monoisotopic (exact) mass is 268 g/mol. The van der Waals surface area contributed by atoms with Gasteiger partial charge in [0, 0.05) is 32.7 Å². The van der Waals surface area contributed by atoms with Crippen molar-refractivity contribution in [3.8, 4) is 5.75 Å². The van der Waals surface area contributed by atoms with E-state index in [4.69, 9.17) is 9.84 Å². The number of hydrogen-bond acceptors (Lipinski definition) is 5. The van der Waals surface area contributed by atoms with Crippen LogP contribution in [0.25, 0.3) is 0 Å². The van der Waals surface area contributed by atoms with E-state index in [0.29, 0.717) is 12.4 Å². The van der Waals surface area contributed by atoms with E-state index in [1.165, 1.54) is 4.68 Å². The van der Waals surface area contributed by atoms with E-state index in [2.05, 4.69) is 21.9 Å². The minimum absolute atomic E-state index is 0.137. The number of nitrogens with zero attached hydrogens (tertiary/aromatic N) is 4. The molecule has 106 valence electrons. The van der Waals surface area contributed by atoms with Gasteiger partial charge in [-0.1, -0.05) is 0 Å². The van der Waals surface area contributed by atoms with E-state index in [0.717, 1.165) is 32.7 Å². The van der Waals surface area contributed by atoms with Gasteiger partial charge < -0.3 is 14.7 Å². The van der Waals surface area contributed by atoms with Crippen LogP contribution in [-0.4, -0.2) is 77.0 Å². The minimum Gasteiger partial charge on any atom is -0.489 e. The van der Waals surface area contributed by atoms with Gasteiger partial charge in [0.25, 0.3) is 0 Å². The van der Waals surface area contributed by atoms with Crippen molar-refractivity contribution in [1.82, 2.24) is 19.6 Å². The van der Waals surface area contributed by atoms with Gasteiger partial charge in [0.1, 0.15) is 13.2 Å². The van der Waals surface area contributed by atoms with E-state index in [1.54, 1.807) is 12.4 Å². The lowest BCUT2D eigenvalue weighted by atomic mass is 10.3. The third kappa shape index (κ3) is 4.53. The van der Waals surface area contributed by atoms with Gasteiger partial charge in [-0.05, 0) is 7.05 Å². The molecule has 1 saturated heterocycles. The summed E-state index contributed by atoms with van der Waals surface area (Å²) in [6.45, 7) is 5.67. The maximum Gasteiger partial charge on any atom is 0.325 e. The fourth-order valence-electron chi connectivity index (χ4n) is 2.01. The molecule has 19 heavy (non-hydrogen) atoms. The van der Waals surface area contributed by atoms with Gasteiger partial charge in [-0.3, -0.25) is 14.4 Å². The first-order valence-corrected chi connectivity index (χ1v) is 6.41. The first kappa shape index (κ1) is 13.8. The van der Waals surface area contributed by atoms with Crippen molar-refractivity contribution in [1.29, 1.82) is 0 Å². The van der Waals surface area contributed by atoms with Gasteiger partial charge >= 0.3 is 5.97 Å². The van der Waals surface area contributed by atoms with Gasteiger partial charge in [0.2, 0.25) is 0 Å². The predicted octanol–water partition coefficient (Wildman–Crippen LogP) is -0.406. The second-order valence-electron chi connectivity index (χ2n) is 4.76. The van der Waals surface area contributed by atoms with Crippen LogP contribution in [0.1, 0.15) is 0 Å². The summed E-state index contributed by atoms with van der Waals surface area (Å²) in [5.74, 6) is -0.289. The maximum atomic E-state index is 10.5. The van der Waals surface area contributed by atoms with Gasteiger partial charge in [-0.15, -0.1) is 0 Å². The van der Waals surface area contributed by atoms with Crippen LogP contribution in [0.15, 0.2) is 12.4 Å². The number of likely N-dealkylation sites (N-methyl/N-ethyl adjacent to an activating group) is 1. The van der Waals surface area contributed by atoms with E-state index in [9.17, 15) is 4.79 Å². The van der Waals surface area contributed by atoms with Gasteiger partial charge in [0.05, 0.1) is 12.4 Å². The second-order valence-corrected chi connectivity index (χ2v) is 4.76. The number of aromatic nitrogens is 2. The normalized spacial score (nSPS) is 17.5. The van der Waals surface area contributed by atoms with Gasteiger partial charge in [0.15, 0.2) is 5.75 Å². The number of ether oxygens (including phenoxy) is 1. The first-order valence-electron chi connectivity index (χ1n) is 6.41. The van der Waals surface area contributed by atoms with Crippen LogP contribution >= 0.6 is 0 Å². The summed E-state index contributed by atoms with van der Waals surface area (Å²) in [5, 5.41) is 12.6. The Kier molecular flexibility index (Phi) is 4.75. The SMILES string of the molecule is CN1CCN(CCOc2cnn(CC(=O)O)c2)CC1. The Morgan fingerprint density at radius 1 is 1.42 bits per heavy atom. The summed E-state index contributed by atoms with van der Waals surface area (Å²) in [6, 6.07) is 0. The molecule has 0 atom stereocenters. The number of hydrogen-bond donors (Lipinski definition) is 1. The number of carboxylic acids is 1. The first-order chi connectivity index (χ1) is 9.13. The third-order valence-electron chi connectivity index (χ3n) is 3.18. The Labute approximate surface area is 112 Å². The molecule has 2 heterocycles. The molecule has 1 aromatic rings. The minimum atomic E-state index is -0.910. The van der Waals surface area contributed by atoms with Crippen molar-refractivity contribution in [3.05, 3.63) is 12.4 Å². The average molecular weight is 268 g/mol. The molecule has 1 aliphatic rings. The van der Waals surface area contributed by atoms with Gasteiger partial charge in [-0.2, -0.15) is 5.10 Å². The number of carbonyl (C=O) groups is 1.